The summed E-state index contributed by atoms with van der Waals surface area (Å²) >= 11 is 0. The van der Waals surface area contributed by atoms with E-state index in [0.29, 0.717) is 36.3 Å². The Hall–Kier alpha value is -3.42. The molecule has 0 bridgehead atoms. The molecule has 1 N–H and O–H groups in total. The van der Waals surface area contributed by atoms with Crippen LogP contribution < -0.4 is 5.56 Å². The van der Waals surface area contributed by atoms with Gasteiger partial charge in [-0.05, 0) is 38.3 Å². The molecule has 1 fully saturated rings. The second kappa shape index (κ2) is 7.93. The molecule has 4 heterocycles. The number of nitrogens with one attached hydrogen (secondary N) is 1. The van der Waals surface area contributed by atoms with E-state index in [4.69, 9.17) is 4.98 Å². The predicted molar refractivity (Wildman–Crippen MR) is 119 cm³/mol. The average Bonchev–Trinajstić information content (AvgIpc) is 3.23. The van der Waals surface area contributed by atoms with E-state index in [9.17, 15) is 14.4 Å². The zero-order chi connectivity index (χ0) is 22.4. The van der Waals surface area contributed by atoms with Crippen molar-refractivity contribution in [2.75, 3.05) is 13.1 Å². The second-order valence-corrected chi connectivity index (χ2v) is 8.82. The highest BCUT2D eigenvalue weighted by atomic mass is 16.2. The van der Waals surface area contributed by atoms with Gasteiger partial charge in [-0.25, -0.2) is 9.50 Å². The number of aromatic amines is 1. The normalized spacial score (nSPS) is 18.6. The maximum Gasteiger partial charge on any atom is 0.277 e. The second-order valence-electron chi connectivity index (χ2n) is 8.82. The lowest BCUT2D eigenvalue weighted by Crippen LogP contribution is -2.39. The van der Waals surface area contributed by atoms with Crippen molar-refractivity contribution in [1.29, 1.82) is 0 Å². The number of aromatic nitrogens is 3. The first-order valence-electron chi connectivity index (χ1n) is 11.2. The third-order valence-electron chi connectivity index (χ3n) is 6.61. The summed E-state index contributed by atoms with van der Waals surface area (Å²) in [6.45, 7) is 5.04. The van der Waals surface area contributed by atoms with Crippen molar-refractivity contribution in [3.63, 3.8) is 0 Å². The van der Waals surface area contributed by atoms with Gasteiger partial charge >= 0.3 is 0 Å². The minimum absolute atomic E-state index is 0.00811. The summed E-state index contributed by atoms with van der Waals surface area (Å²) in [7, 11) is 0. The lowest BCUT2D eigenvalue weighted by Gasteiger charge is -2.35. The molecule has 0 spiro atoms. The summed E-state index contributed by atoms with van der Waals surface area (Å²) in [5.41, 5.74) is 4.27. The van der Waals surface area contributed by atoms with Crippen LogP contribution in [0.5, 0.6) is 0 Å². The monoisotopic (exact) mass is 433 g/mol. The first-order valence-corrected chi connectivity index (χ1v) is 11.2. The van der Waals surface area contributed by atoms with Gasteiger partial charge in [-0.1, -0.05) is 17.7 Å². The van der Waals surface area contributed by atoms with Crippen LogP contribution in [0.15, 0.2) is 35.1 Å². The Balaban J connectivity index is 1.52. The first kappa shape index (κ1) is 20.5. The highest BCUT2D eigenvalue weighted by Crippen LogP contribution is 2.32. The number of likely N-dealkylation sites (tertiary alicyclic amines) is 1. The van der Waals surface area contributed by atoms with E-state index in [0.717, 1.165) is 36.2 Å². The zero-order valence-electron chi connectivity index (χ0n) is 18.4. The molecule has 5 rings (SSSR count). The number of H-pyrrole nitrogens is 1. The first-order chi connectivity index (χ1) is 15.4. The third kappa shape index (κ3) is 3.49. The van der Waals surface area contributed by atoms with Crippen LogP contribution in [0.1, 0.15) is 65.1 Å². The Morgan fingerprint density at radius 1 is 1.16 bits per heavy atom. The van der Waals surface area contributed by atoms with Crippen LogP contribution in [0.3, 0.4) is 0 Å². The van der Waals surface area contributed by atoms with E-state index in [1.165, 1.54) is 11.4 Å². The average molecular weight is 434 g/mol. The van der Waals surface area contributed by atoms with E-state index in [1.807, 2.05) is 42.2 Å². The van der Waals surface area contributed by atoms with E-state index in [-0.39, 0.29) is 30.0 Å². The number of aryl methyl sites for hydroxylation is 1. The number of fused-ring (bicyclic) bond motifs is 2. The van der Waals surface area contributed by atoms with Crippen molar-refractivity contribution in [3.8, 4) is 0 Å². The van der Waals surface area contributed by atoms with Crippen molar-refractivity contribution in [3.05, 3.63) is 68.8 Å². The molecule has 32 heavy (non-hydrogen) atoms. The molecule has 1 aromatic carbocycles. The van der Waals surface area contributed by atoms with Crippen LogP contribution in [0.25, 0.3) is 5.65 Å². The SMILES string of the molecule is CC(=O)N1CCc2nc3cc([C@@H]4CCCCN4C(=O)c4cccc(C)c4)[nH]n3c(=O)c2C1. The minimum atomic E-state index is -0.172. The Labute approximate surface area is 185 Å². The number of rotatable bonds is 2. The van der Waals surface area contributed by atoms with E-state index in [1.54, 1.807) is 4.90 Å². The Kier molecular flexibility index (Phi) is 5.07. The van der Waals surface area contributed by atoms with E-state index >= 15 is 0 Å². The van der Waals surface area contributed by atoms with E-state index in [2.05, 4.69) is 5.10 Å². The molecule has 8 heteroatoms. The van der Waals surface area contributed by atoms with Gasteiger partial charge in [-0.2, -0.15) is 0 Å². The van der Waals surface area contributed by atoms with Crippen molar-refractivity contribution in [1.82, 2.24) is 24.4 Å². The molecule has 2 aliphatic heterocycles. The summed E-state index contributed by atoms with van der Waals surface area (Å²) in [5, 5.41) is 3.22. The summed E-state index contributed by atoms with van der Waals surface area (Å²) in [4.78, 5) is 46.6. The number of hydrogen-bond donors (Lipinski definition) is 1. The molecule has 166 valence electrons. The van der Waals surface area contributed by atoms with Crippen LogP contribution in [-0.2, 0) is 17.8 Å². The largest absolute Gasteiger partial charge is 0.338 e. The molecule has 1 atom stereocenters. The maximum absolute atomic E-state index is 13.3. The third-order valence-corrected chi connectivity index (χ3v) is 6.61. The van der Waals surface area contributed by atoms with Gasteiger partial charge in [0.2, 0.25) is 5.91 Å². The van der Waals surface area contributed by atoms with Crippen LogP contribution >= 0.6 is 0 Å². The fourth-order valence-corrected chi connectivity index (χ4v) is 4.88. The number of carbonyl (C=O) groups is 2. The van der Waals surface area contributed by atoms with Crippen molar-refractivity contribution in [2.45, 2.75) is 52.1 Å². The molecule has 2 amide bonds. The summed E-state index contributed by atoms with van der Waals surface area (Å²) in [6.07, 6.45) is 3.38. The van der Waals surface area contributed by atoms with Gasteiger partial charge in [-0.3, -0.25) is 19.5 Å². The molecule has 0 aliphatic carbocycles. The van der Waals surface area contributed by atoms with Gasteiger partial charge in [0.25, 0.3) is 11.5 Å². The number of amides is 2. The Morgan fingerprint density at radius 2 is 2.00 bits per heavy atom. The number of benzene rings is 1. The highest BCUT2D eigenvalue weighted by molar-refractivity contribution is 5.94. The van der Waals surface area contributed by atoms with Crippen LogP contribution in [0, 0.1) is 6.92 Å². The smallest absolute Gasteiger partial charge is 0.277 e. The van der Waals surface area contributed by atoms with Gasteiger partial charge in [0.15, 0.2) is 5.65 Å². The number of nitrogens with zero attached hydrogens (tertiary/aromatic N) is 4. The molecule has 0 saturated carbocycles. The van der Waals surface area contributed by atoms with Gasteiger partial charge in [-0.15, -0.1) is 0 Å². The number of hydrogen-bond acceptors (Lipinski definition) is 4. The van der Waals surface area contributed by atoms with Crippen LogP contribution in [0.4, 0.5) is 0 Å². The number of piperidine rings is 1. The van der Waals surface area contributed by atoms with Gasteiger partial charge < -0.3 is 9.80 Å². The highest BCUT2D eigenvalue weighted by Gasteiger charge is 2.31. The van der Waals surface area contributed by atoms with Crippen LogP contribution in [0.2, 0.25) is 0 Å². The Bertz CT molecular complexity index is 1270. The lowest BCUT2D eigenvalue weighted by molar-refractivity contribution is -0.129. The molecule has 3 aromatic rings. The lowest BCUT2D eigenvalue weighted by atomic mass is 9.98. The van der Waals surface area contributed by atoms with E-state index < -0.39 is 0 Å². The molecule has 0 radical (unpaired) electrons. The molecule has 2 aliphatic rings. The van der Waals surface area contributed by atoms with Gasteiger partial charge in [0.1, 0.15) is 0 Å². The standard InChI is InChI=1S/C24H27N5O3/c1-15-6-5-7-17(12-15)23(31)28-10-4-3-8-21(28)20-13-22-25-19-9-11-27(16(2)30)14-18(19)24(32)29(22)26-20/h5-7,12-13,21,26H,3-4,8-11,14H2,1-2H3/t21-/m0/s1. The number of carbonyl (C=O) groups excluding carboxylic acids is 2. The molecular formula is C24H27N5O3. The summed E-state index contributed by atoms with van der Waals surface area (Å²) in [5.74, 6) is -0.0337. The van der Waals surface area contributed by atoms with Crippen molar-refractivity contribution < 1.29 is 9.59 Å². The summed E-state index contributed by atoms with van der Waals surface area (Å²) in [6, 6.07) is 9.42. The van der Waals surface area contributed by atoms with Gasteiger partial charge in [0, 0.05) is 38.1 Å². The van der Waals surface area contributed by atoms with Crippen molar-refractivity contribution in [2.24, 2.45) is 0 Å². The fraction of sp³-hybridized carbons (Fsp3) is 0.417. The molecule has 8 nitrogen and oxygen atoms in total. The molecule has 2 aromatic heterocycles. The zero-order valence-corrected chi connectivity index (χ0v) is 18.4. The van der Waals surface area contributed by atoms with Gasteiger partial charge in [0.05, 0.1) is 29.5 Å². The topological polar surface area (TPSA) is 90.8 Å². The fourth-order valence-electron chi connectivity index (χ4n) is 4.88. The summed E-state index contributed by atoms with van der Waals surface area (Å²) < 4.78 is 1.46. The molecule has 1 saturated heterocycles. The predicted octanol–water partition coefficient (Wildman–Crippen LogP) is 2.60. The quantitative estimate of drug-likeness (QED) is 0.673. The Morgan fingerprint density at radius 3 is 2.78 bits per heavy atom. The maximum atomic E-state index is 13.3. The van der Waals surface area contributed by atoms with Crippen LogP contribution in [-0.4, -0.2) is 49.3 Å². The molecular weight excluding hydrogens is 406 g/mol. The molecule has 0 unspecified atom stereocenters. The van der Waals surface area contributed by atoms with Crippen molar-refractivity contribution >= 4 is 17.5 Å². The minimum Gasteiger partial charge on any atom is -0.338 e.